The SMILES string of the molecule is CCCCc1sc(S(N)(=O)=O)c(O)c1CC. The van der Waals surface area contributed by atoms with Gasteiger partial charge in [-0.1, -0.05) is 20.3 Å². The lowest BCUT2D eigenvalue weighted by atomic mass is 10.1. The molecule has 0 saturated heterocycles. The fraction of sp³-hybridized carbons (Fsp3) is 0.600. The molecule has 0 unspecified atom stereocenters. The molecular formula is C10H17NO3S2. The molecule has 0 radical (unpaired) electrons. The smallest absolute Gasteiger partial charge is 0.251 e. The van der Waals surface area contributed by atoms with E-state index in [1.165, 1.54) is 0 Å². The van der Waals surface area contributed by atoms with Gasteiger partial charge in [-0.2, -0.15) is 0 Å². The average Bonchev–Trinajstić information content (AvgIpc) is 2.51. The zero-order valence-electron chi connectivity index (χ0n) is 9.49. The molecule has 0 bridgehead atoms. The van der Waals surface area contributed by atoms with Crippen LogP contribution in [0.5, 0.6) is 5.75 Å². The fourth-order valence-corrected chi connectivity index (χ4v) is 3.79. The van der Waals surface area contributed by atoms with Gasteiger partial charge < -0.3 is 5.11 Å². The van der Waals surface area contributed by atoms with Crippen LogP contribution >= 0.6 is 11.3 Å². The van der Waals surface area contributed by atoms with Crippen LogP contribution in [-0.4, -0.2) is 13.5 Å². The molecule has 0 aliphatic heterocycles. The number of hydrogen-bond donors (Lipinski definition) is 2. The first kappa shape index (κ1) is 13.5. The summed E-state index contributed by atoms with van der Waals surface area (Å²) in [6, 6.07) is 0. The highest BCUT2D eigenvalue weighted by atomic mass is 32.2. The number of thiophene rings is 1. The fourth-order valence-electron chi connectivity index (χ4n) is 1.57. The topological polar surface area (TPSA) is 80.4 Å². The number of aryl methyl sites for hydroxylation is 1. The molecule has 0 aliphatic rings. The second-order valence-corrected chi connectivity index (χ2v) is 6.50. The van der Waals surface area contributed by atoms with Gasteiger partial charge in [0.25, 0.3) is 10.0 Å². The average molecular weight is 263 g/mol. The van der Waals surface area contributed by atoms with Crippen LogP contribution in [0.15, 0.2) is 4.21 Å². The lowest BCUT2D eigenvalue weighted by molar-refractivity contribution is 0.457. The highest BCUT2D eigenvalue weighted by Crippen LogP contribution is 2.38. The quantitative estimate of drug-likeness (QED) is 0.852. The van der Waals surface area contributed by atoms with E-state index in [0.717, 1.165) is 41.0 Å². The van der Waals surface area contributed by atoms with Crippen molar-refractivity contribution in [2.75, 3.05) is 0 Å². The minimum atomic E-state index is -3.80. The van der Waals surface area contributed by atoms with Crippen LogP contribution in [0.1, 0.15) is 37.1 Å². The number of sulfonamides is 1. The normalized spacial score (nSPS) is 11.9. The standard InChI is InChI=1S/C10H17NO3S2/c1-3-5-6-8-7(4-2)9(12)10(15-8)16(11,13)14/h12H,3-6H2,1-2H3,(H2,11,13,14). The lowest BCUT2D eigenvalue weighted by Gasteiger charge is -1.99. The second kappa shape index (κ2) is 5.16. The van der Waals surface area contributed by atoms with Gasteiger partial charge in [0, 0.05) is 10.4 Å². The summed E-state index contributed by atoms with van der Waals surface area (Å²) in [6.45, 7) is 3.96. The monoisotopic (exact) mass is 263 g/mol. The number of unbranched alkanes of at least 4 members (excludes halogenated alkanes) is 1. The van der Waals surface area contributed by atoms with Crippen molar-refractivity contribution in [2.24, 2.45) is 5.14 Å². The maximum atomic E-state index is 11.2. The Morgan fingerprint density at radius 2 is 2.00 bits per heavy atom. The van der Waals surface area contributed by atoms with Crippen LogP contribution < -0.4 is 5.14 Å². The van der Waals surface area contributed by atoms with Crippen LogP contribution in [-0.2, 0) is 22.9 Å². The molecule has 6 heteroatoms. The van der Waals surface area contributed by atoms with Gasteiger partial charge in [-0.15, -0.1) is 11.3 Å². The summed E-state index contributed by atoms with van der Waals surface area (Å²) >= 11 is 1.09. The minimum Gasteiger partial charge on any atom is -0.505 e. The largest absolute Gasteiger partial charge is 0.505 e. The molecule has 16 heavy (non-hydrogen) atoms. The van der Waals surface area contributed by atoms with E-state index in [0.29, 0.717) is 6.42 Å². The summed E-state index contributed by atoms with van der Waals surface area (Å²) in [7, 11) is -3.80. The van der Waals surface area contributed by atoms with Gasteiger partial charge in [0.05, 0.1) is 0 Å². The summed E-state index contributed by atoms with van der Waals surface area (Å²) in [4.78, 5) is 0.936. The summed E-state index contributed by atoms with van der Waals surface area (Å²) in [5, 5.41) is 14.8. The molecule has 1 heterocycles. The third-order valence-electron chi connectivity index (χ3n) is 2.40. The highest BCUT2D eigenvalue weighted by Gasteiger charge is 2.23. The van der Waals surface area contributed by atoms with Gasteiger partial charge in [0.1, 0.15) is 5.75 Å². The van der Waals surface area contributed by atoms with Crippen LogP contribution in [0.25, 0.3) is 0 Å². The Bertz CT molecular complexity index is 463. The Hall–Kier alpha value is -0.590. The van der Waals surface area contributed by atoms with Crippen molar-refractivity contribution < 1.29 is 13.5 Å². The Labute approximate surface area is 100 Å². The highest BCUT2D eigenvalue weighted by molar-refractivity contribution is 7.91. The van der Waals surface area contributed by atoms with E-state index in [1.54, 1.807) is 0 Å². The molecule has 0 aromatic carbocycles. The first-order valence-electron chi connectivity index (χ1n) is 5.28. The first-order chi connectivity index (χ1) is 7.41. The van der Waals surface area contributed by atoms with Crippen LogP contribution in [0.2, 0.25) is 0 Å². The van der Waals surface area contributed by atoms with Crippen molar-refractivity contribution in [2.45, 2.75) is 43.7 Å². The van der Waals surface area contributed by atoms with Crippen molar-refractivity contribution in [1.29, 1.82) is 0 Å². The van der Waals surface area contributed by atoms with Crippen LogP contribution in [0, 0.1) is 0 Å². The number of primary sulfonamides is 1. The number of rotatable bonds is 5. The molecular weight excluding hydrogens is 246 g/mol. The minimum absolute atomic E-state index is 0.101. The maximum absolute atomic E-state index is 11.2. The van der Waals surface area contributed by atoms with E-state index in [1.807, 2.05) is 6.92 Å². The molecule has 1 rings (SSSR count). The third kappa shape index (κ3) is 2.75. The summed E-state index contributed by atoms with van der Waals surface area (Å²) in [5.74, 6) is -0.152. The zero-order valence-corrected chi connectivity index (χ0v) is 11.1. The predicted octanol–water partition coefficient (Wildman–Crippen LogP) is 2.01. The van der Waals surface area contributed by atoms with Crippen molar-refractivity contribution in [3.8, 4) is 5.75 Å². The molecule has 0 saturated carbocycles. The van der Waals surface area contributed by atoms with E-state index in [-0.39, 0.29) is 9.96 Å². The van der Waals surface area contributed by atoms with E-state index >= 15 is 0 Å². The molecule has 0 aliphatic carbocycles. The number of hydrogen-bond acceptors (Lipinski definition) is 4. The van der Waals surface area contributed by atoms with Crippen LogP contribution in [0.4, 0.5) is 0 Å². The molecule has 0 atom stereocenters. The molecule has 1 aromatic rings. The van der Waals surface area contributed by atoms with E-state index in [4.69, 9.17) is 5.14 Å². The Kier molecular flexibility index (Phi) is 4.35. The molecule has 0 fully saturated rings. The second-order valence-electron chi connectivity index (χ2n) is 3.64. The van der Waals surface area contributed by atoms with E-state index in [2.05, 4.69) is 6.92 Å². The van der Waals surface area contributed by atoms with Crippen molar-refractivity contribution >= 4 is 21.4 Å². The molecule has 1 aromatic heterocycles. The van der Waals surface area contributed by atoms with Gasteiger partial charge in [0.15, 0.2) is 4.21 Å². The summed E-state index contributed by atoms with van der Waals surface area (Å²) in [5.41, 5.74) is 0.725. The first-order valence-corrected chi connectivity index (χ1v) is 7.64. The van der Waals surface area contributed by atoms with E-state index < -0.39 is 10.0 Å². The predicted molar refractivity (Wildman–Crippen MR) is 65.3 cm³/mol. The molecule has 3 N–H and O–H groups in total. The van der Waals surface area contributed by atoms with Gasteiger partial charge in [-0.25, -0.2) is 13.6 Å². The van der Waals surface area contributed by atoms with E-state index in [9.17, 15) is 13.5 Å². The van der Waals surface area contributed by atoms with Gasteiger partial charge in [-0.3, -0.25) is 0 Å². The molecule has 0 amide bonds. The van der Waals surface area contributed by atoms with Crippen molar-refractivity contribution in [3.05, 3.63) is 10.4 Å². The zero-order chi connectivity index (χ0) is 12.3. The van der Waals surface area contributed by atoms with Gasteiger partial charge >= 0.3 is 0 Å². The molecule has 92 valence electrons. The third-order valence-corrected chi connectivity index (χ3v) is 5.13. The Morgan fingerprint density at radius 1 is 1.38 bits per heavy atom. The van der Waals surface area contributed by atoms with Gasteiger partial charge in [-0.05, 0) is 19.3 Å². The number of nitrogens with two attached hydrogens (primary N) is 1. The van der Waals surface area contributed by atoms with Crippen molar-refractivity contribution in [1.82, 2.24) is 0 Å². The van der Waals surface area contributed by atoms with Crippen molar-refractivity contribution in [3.63, 3.8) is 0 Å². The maximum Gasteiger partial charge on any atom is 0.251 e. The number of aromatic hydroxyl groups is 1. The van der Waals surface area contributed by atoms with Crippen LogP contribution in [0.3, 0.4) is 0 Å². The molecule has 4 nitrogen and oxygen atoms in total. The van der Waals surface area contributed by atoms with Gasteiger partial charge in [0.2, 0.25) is 0 Å². The lowest BCUT2D eigenvalue weighted by Crippen LogP contribution is -2.10. The summed E-state index contributed by atoms with van der Waals surface area (Å²) in [6.07, 6.45) is 3.44. The Balaban J connectivity index is 3.20. The molecule has 0 spiro atoms. The Morgan fingerprint density at radius 3 is 2.44 bits per heavy atom. The summed E-state index contributed by atoms with van der Waals surface area (Å²) < 4.78 is 22.4.